The number of nitrogens with one attached hydrogen (secondary N) is 1. The van der Waals surface area contributed by atoms with Gasteiger partial charge in [-0.3, -0.25) is 9.78 Å². The molecule has 1 heterocycles. The fourth-order valence-electron chi connectivity index (χ4n) is 0.911. The van der Waals surface area contributed by atoms with Crippen LogP contribution in [0.15, 0.2) is 18.3 Å². The van der Waals surface area contributed by atoms with Crippen molar-refractivity contribution in [1.82, 2.24) is 4.98 Å². The summed E-state index contributed by atoms with van der Waals surface area (Å²) in [6.07, 6.45) is 2.58. The van der Waals surface area contributed by atoms with Crippen molar-refractivity contribution in [2.24, 2.45) is 0 Å². The molecule has 0 atom stereocenters. The third kappa shape index (κ3) is 2.34. The van der Waals surface area contributed by atoms with E-state index in [1.807, 2.05) is 19.1 Å². The number of hydrogen-bond acceptors (Lipinski definition) is 2. The number of rotatable bonds is 2. The lowest BCUT2D eigenvalue weighted by molar-refractivity contribution is -0.114. The van der Waals surface area contributed by atoms with Crippen molar-refractivity contribution in [2.45, 2.75) is 20.3 Å². The van der Waals surface area contributed by atoms with Crippen LogP contribution in [0.4, 0.5) is 5.69 Å². The van der Waals surface area contributed by atoms with Crippen LogP contribution >= 0.6 is 0 Å². The van der Waals surface area contributed by atoms with E-state index in [0.29, 0.717) is 0 Å². The van der Waals surface area contributed by atoms with Crippen LogP contribution in [-0.4, -0.2) is 10.9 Å². The number of nitrogens with zero attached hydrogens (tertiary/aromatic N) is 1. The first kappa shape index (κ1) is 8.71. The average molecular weight is 166 g/mol. The smallest absolute Gasteiger partial charge is 0.221 e. The highest BCUT2D eigenvalue weighted by Crippen LogP contribution is 2.05. The Morgan fingerprint density at radius 2 is 2.42 bits per heavy atom. The zero-order valence-electron chi connectivity index (χ0n) is 7.29. The minimum atomic E-state index is -0.0685. The van der Waals surface area contributed by atoms with E-state index in [1.165, 1.54) is 6.92 Å². The Labute approximate surface area is 73.3 Å². The normalized spacial score (nSPS) is 9.50. The Morgan fingerprint density at radius 3 is 2.83 bits per heavy atom. The molecule has 0 radical (unpaired) electrons. The molecule has 0 spiro atoms. The topological polar surface area (TPSA) is 42.0 Å². The minimum Gasteiger partial charge on any atom is -0.325 e. The summed E-state index contributed by atoms with van der Waals surface area (Å²) in [5.41, 5.74) is 1.78. The molecule has 1 aromatic rings. The van der Waals surface area contributed by atoms with Gasteiger partial charge in [0.25, 0.3) is 0 Å². The van der Waals surface area contributed by atoms with Crippen LogP contribution in [0.5, 0.6) is 0 Å². The van der Waals surface area contributed by atoms with E-state index in [0.717, 1.165) is 17.8 Å². The van der Waals surface area contributed by atoms with Gasteiger partial charge in [0.15, 0.2) is 0 Å². The number of carbonyl (C=O) groups excluding carboxylic acids is 1. The Hall–Kier alpha value is -1.38. The molecule has 12 heavy (non-hydrogen) atoms. The van der Waals surface area contributed by atoms with Gasteiger partial charge in [0.05, 0.1) is 11.9 Å². The van der Waals surface area contributed by atoms with Gasteiger partial charge in [0.1, 0.15) is 0 Å². The van der Waals surface area contributed by atoms with E-state index in [4.69, 9.17) is 0 Å². The van der Waals surface area contributed by atoms with Gasteiger partial charge in [0, 0.05) is 14.0 Å². The van der Waals surface area contributed by atoms with Crippen molar-refractivity contribution in [3.8, 4) is 0 Å². The number of aromatic nitrogens is 1. The largest absolute Gasteiger partial charge is 0.325 e. The quantitative estimate of drug-likeness (QED) is 0.728. The highest BCUT2D eigenvalue weighted by molar-refractivity contribution is 5.88. The first-order valence-electron chi connectivity index (χ1n) is 3.95. The molecule has 3 nitrogen and oxygen atoms in total. The molecule has 0 aliphatic carbocycles. The van der Waals surface area contributed by atoms with Crippen LogP contribution in [-0.2, 0) is 11.2 Å². The van der Waals surface area contributed by atoms with Gasteiger partial charge in [-0.05, 0) is 18.6 Å². The molecule has 1 N–H and O–H groups in total. The van der Waals surface area contributed by atoms with Gasteiger partial charge in [-0.15, -0.1) is 0 Å². The zero-order valence-corrected chi connectivity index (χ0v) is 7.29. The number of pyridine rings is 1. The Morgan fingerprint density at radius 1 is 1.67 bits per heavy atom. The fourth-order valence-corrected chi connectivity index (χ4v) is 0.911. The standard InChI is InChI=1S/C9H12N2O.H2/c1-3-8-4-5-9(6-10-8)11-7(2)12;/h4-6H,3H2,1-2H3,(H,11,12);1H. The molecule has 0 saturated carbocycles. The van der Waals surface area contributed by atoms with E-state index in [9.17, 15) is 4.79 Å². The lowest BCUT2D eigenvalue weighted by atomic mass is 10.3. The molecule has 66 valence electrons. The molecule has 0 aliphatic heterocycles. The lowest BCUT2D eigenvalue weighted by Gasteiger charge is -2.01. The van der Waals surface area contributed by atoms with Crippen molar-refractivity contribution in [3.63, 3.8) is 0 Å². The van der Waals surface area contributed by atoms with E-state index in [2.05, 4.69) is 10.3 Å². The zero-order chi connectivity index (χ0) is 8.97. The van der Waals surface area contributed by atoms with E-state index < -0.39 is 0 Å². The second-order valence-electron chi connectivity index (χ2n) is 2.57. The van der Waals surface area contributed by atoms with Crippen molar-refractivity contribution in [3.05, 3.63) is 24.0 Å². The van der Waals surface area contributed by atoms with Crippen LogP contribution in [0.2, 0.25) is 0 Å². The highest BCUT2D eigenvalue weighted by Gasteiger charge is 1.95. The van der Waals surface area contributed by atoms with Gasteiger partial charge in [-0.2, -0.15) is 0 Å². The van der Waals surface area contributed by atoms with Crippen LogP contribution in [0.3, 0.4) is 0 Å². The van der Waals surface area contributed by atoms with Crippen LogP contribution < -0.4 is 5.32 Å². The summed E-state index contributed by atoms with van der Waals surface area (Å²) in [5, 5.41) is 2.65. The maximum Gasteiger partial charge on any atom is 0.221 e. The molecule has 0 bridgehead atoms. The van der Waals surface area contributed by atoms with Crippen molar-refractivity contribution < 1.29 is 6.22 Å². The van der Waals surface area contributed by atoms with Crippen molar-refractivity contribution >= 4 is 11.6 Å². The number of anilines is 1. The van der Waals surface area contributed by atoms with Gasteiger partial charge in [-0.25, -0.2) is 0 Å². The number of amides is 1. The van der Waals surface area contributed by atoms with E-state index >= 15 is 0 Å². The molecule has 0 aromatic carbocycles. The molecule has 0 unspecified atom stereocenters. The molecule has 1 aromatic heterocycles. The predicted octanol–water partition coefficient (Wildman–Crippen LogP) is 1.85. The van der Waals surface area contributed by atoms with Gasteiger partial charge in [0.2, 0.25) is 5.91 Å². The van der Waals surface area contributed by atoms with Crippen LogP contribution in [0.1, 0.15) is 21.0 Å². The van der Waals surface area contributed by atoms with Gasteiger partial charge >= 0.3 is 0 Å². The number of aryl methyl sites for hydroxylation is 1. The molecule has 1 rings (SSSR count). The summed E-state index contributed by atoms with van der Waals surface area (Å²) in [4.78, 5) is 14.8. The molecule has 0 aliphatic rings. The Balaban J connectivity index is 0.00000144. The molecule has 3 heteroatoms. The summed E-state index contributed by atoms with van der Waals surface area (Å²) >= 11 is 0. The summed E-state index contributed by atoms with van der Waals surface area (Å²) < 4.78 is 0. The number of hydrogen-bond donors (Lipinski definition) is 1. The third-order valence-corrected chi connectivity index (χ3v) is 1.51. The summed E-state index contributed by atoms with van der Waals surface area (Å²) in [6.45, 7) is 3.52. The van der Waals surface area contributed by atoms with E-state index in [1.54, 1.807) is 6.20 Å². The van der Waals surface area contributed by atoms with Crippen molar-refractivity contribution in [2.75, 3.05) is 5.32 Å². The predicted molar refractivity (Wildman–Crippen MR) is 50.0 cm³/mol. The van der Waals surface area contributed by atoms with Crippen LogP contribution in [0, 0.1) is 0 Å². The fraction of sp³-hybridized carbons (Fsp3) is 0.333. The summed E-state index contributed by atoms with van der Waals surface area (Å²) in [7, 11) is 0. The lowest BCUT2D eigenvalue weighted by Crippen LogP contribution is -2.06. The van der Waals surface area contributed by atoms with Gasteiger partial charge < -0.3 is 5.32 Å². The minimum absolute atomic E-state index is 0. The monoisotopic (exact) mass is 166 g/mol. The Bertz CT molecular complexity index is 271. The molecule has 0 saturated heterocycles. The average Bonchev–Trinajstić information content (AvgIpc) is 2.05. The maximum absolute atomic E-state index is 10.6. The van der Waals surface area contributed by atoms with Crippen molar-refractivity contribution in [1.29, 1.82) is 0 Å². The maximum atomic E-state index is 10.6. The molecule has 0 fully saturated rings. The SMILES string of the molecule is CCc1ccc(NC(C)=O)cn1.[HH]. The molecular weight excluding hydrogens is 152 g/mol. The van der Waals surface area contributed by atoms with Gasteiger partial charge in [-0.1, -0.05) is 6.92 Å². The highest BCUT2D eigenvalue weighted by atomic mass is 16.1. The van der Waals surface area contributed by atoms with E-state index in [-0.39, 0.29) is 7.33 Å². The first-order valence-corrected chi connectivity index (χ1v) is 3.95. The molecule has 1 amide bonds. The number of carbonyl (C=O) groups is 1. The summed E-state index contributed by atoms with van der Waals surface area (Å²) in [6, 6.07) is 3.76. The first-order chi connectivity index (χ1) is 5.72. The second-order valence-corrected chi connectivity index (χ2v) is 2.57. The molecular formula is C9H14N2O. The Kier molecular flexibility index (Phi) is 2.80. The van der Waals surface area contributed by atoms with Crippen LogP contribution in [0.25, 0.3) is 0 Å². The third-order valence-electron chi connectivity index (χ3n) is 1.51. The second kappa shape index (κ2) is 3.85. The summed E-state index contributed by atoms with van der Waals surface area (Å²) in [5.74, 6) is -0.0685.